The van der Waals surface area contributed by atoms with Gasteiger partial charge in [-0.1, -0.05) is 0 Å². The highest BCUT2D eigenvalue weighted by Crippen LogP contribution is 2.46. The first kappa shape index (κ1) is 23.9. The van der Waals surface area contributed by atoms with E-state index in [-0.39, 0.29) is 11.1 Å². The first-order valence-electron chi connectivity index (χ1n) is 12.0. The minimum absolute atomic E-state index is 0.244. The molecule has 1 N–H and O–H groups in total. The van der Waals surface area contributed by atoms with Crippen LogP contribution < -0.4 is 15.0 Å². The average Bonchev–Trinajstić information content (AvgIpc) is 3.29. The van der Waals surface area contributed by atoms with Crippen LogP contribution in [0, 0.1) is 6.92 Å². The van der Waals surface area contributed by atoms with E-state index in [4.69, 9.17) is 19.4 Å². The van der Waals surface area contributed by atoms with Gasteiger partial charge in [0.25, 0.3) is 0 Å². The van der Waals surface area contributed by atoms with Crippen molar-refractivity contribution in [1.29, 1.82) is 0 Å². The molecule has 0 amide bonds. The van der Waals surface area contributed by atoms with Gasteiger partial charge in [0, 0.05) is 37.0 Å². The fraction of sp³-hybridized carbons (Fsp3) is 0.423. The highest BCUT2D eigenvalue weighted by atomic mass is 16.5. The topological polar surface area (TPSA) is 103 Å². The summed E-state index contributed by atoms with van der Waals surface area (Å²) in [5.41, 5.74) is 2.87. The van der Waals surface area contributed by atoms with Crippen molar-refractivity contribution >= 4 is 28.4 Å². The van der Waals surface area contributed by atoms with Crippen LogP contribution in [0.3, 0.4) is 0 Å². The van der Waals surface area contributed by atoms with Gasteiger partial charge in [-0.25, -0.2) is 15.0 Å². The molecule has 1 saturated heterocycles. The van der Waals surface area contributed by atoms with Crippen LogP contribution in [0.4, 0.5) is 17.5 Å². The van der Waals surface area contributed by atoms with E-state index in [2.05, 4.69) is 46.2 Å². The number of nitrogens with one attached hydrogen (secondary N) is 1. The van der Waals surface area contributed by atoms with Crippen LogP contribution in [0.1, 0.15) is 33.4 Å². The van der Waals surface area contributed by atoms with Crippen molar-refractivity contribution in [2.75, 3.05) is 30.5 Å². The van der Waals surface area contributed by atoms with Crippen LogP contribution in [0.25, 0.3) is 22.3 Å². The van der Waals surface area contributed by atoms with Crippen LogP contribution in [0.2, 0.25) is 0 Å². The van der Waals surface area contributed by atoms with Crippen molar-refractivity contribution in [3.05, 3.63) is 42.5 Å². The number of pyridine rings is 1. The van der Waals surface area contributed by atoms with E-state index >= 15 is 0 Å². The molecule has 0 radical (unpaired) electrons. The lowest BCUT2D eigenvalue weighted by Gasteiger charge is -2.61. The lowest BCUT2D eigenvalue weighted by Crippen LogP contribution is -2.76. The number of anilines is 3. The summed E-state index contributed by atoms with van der Waals surface area (Å²) in [5, 5.41) is 12.5. The molecule has 1 aromatic carbocycles. The van der Waals surface area contributed by atoms with Crippen LogP contribution in [0.15, 0.2) is 36.8 Å². The van der Waals surface area contributed by atoms with Gasteiger partial charge in [-0.2, -0.15) is 0 Å². The molecule has 0 spiro atoms. The van der Waals surface area contributed by atoms with E-state index < -0.39 is 0 Å². The first-order valence-corrected chi connectivity index (χ1v) is 12.0. The van der Waals surface area contributed by atoms with Gasteiger partial charge >= 0.3 is 0 Å². The second kappa shape index (κ2) is 8.70. The van der Waals surface area contributed by atoms with E-state index in [1.165, 1.54) is 0 Å². The fourth-order valence-corrected chi connectivity index (χ4v) is 4.65. The smallest absolute Gasteiger partial charge is 0.227 e. The monoisotopic (exact) mass is 488 g/mol. The zero-order chi connectivity index (χ0) is 25.7. The number of methoxy groups -OCH3 is 1. The van der Waals surface area contributed by atoms with Gasteiger partial charge in [0.05, 0.1) is 24.4 Å². The third-order valence-corrected chi connectivity index (χ3v) is 7.31. The number of hydrogen-bond donors (Lipinski definition) is 1. The zero-order valence-electron chi connectivity index (χ0n) is 21.8. The van der Waals surface area contributed by atoms with Crippen molar-refractivity contribution in [3.8, 4) is 17.1 Å². The number of aromatic nitrogens is 6. The largest absolute Gasteiger partial charge is 0.492 e. The Morgan fingerprint density at radius 3 is 2.61 bits per heavy atom. The van der Waals surface area contributed by atoms with Crippen LogP contribution in [-0.2, 0) is 11.8 Å². The molecule has 1 aliphatic rings. The summed E-state index contributed by atoms with van der Waals surface area (Å²) < 4.78 is 13.6. The van der Waals surface area contributed by atoms with Gasteiger partial charge in [0.15, 0.2) is 11.6 Å². The molecule has 0 saturated carbocycles. The molecular weight excluding hydrogens is 456 g/mol. The molecule has 10 heteroatoms. The maximum atomic E-state index is 5.93. The van der Waals surface area contributed by atoms with Gasteiger partial charge in [-0.15, -0.1) is 10.2 Å². The molecule has 1 aliphatic heterocycles. The number of nitrogens with zero attached hydrogens (tertiary/aromatic N) is 7. The predicted molar refractivity (Wildman–Crippen MR) is 140 cm³/mol. The van der Waals surface area contributed by atoms with Crippen molar-refractivity contribution < 1.29 is 9.47 Å². The molecule has 1 unspecified atom stereocenters. The average molecular weight is 489 g/mol. The number of ether oxygens (including phenoxy) is 2. The Morgan fingerprint density at radius 2 is 1.94 bits per heavy atom. The molecule has 36 heavy (non-hydrogen) atoms. The van der Waals surface area contributed by atoms with E-state index in [0.717, 1.165) is 46.0 Å². The Hall–Kier alpha value is -3.79. The van der Waals surface area contributed by atoms with Gasteiger partial charge < -0.3 is 24.3 Å². The number of hydrogen-bond acceptors (Lipinski definition) is 9. The number of aryl methyl sites for hydroxylation is 2. The Balaban J connectivity index is 1.52. The van der Waals surface area contributed by atoms with Crippen molar-refractivity contribution in [2.24, 2.45) is 7.05 Å². The maximum Gasteiger partial charge on any atom is 0.227 e. The van der Waals surface area contributed by atoms with Crippen LogP contribution in [-0.4, -0.2) is 61.1 Å². The maximum absolute atomic E-state index is 5.93. The summed E-state index contributed by atoms with van der Waals surface area (Å²) in [5.74, 6) is 2.74. The molecule has 4 heterocycles. The summed E-state index contributed by atoms with van der Waals surface area (Å²) in [6.07, 6.45) is 3.51. The van der Waals surface area contributed by atoms with Gasteiger partial charge in [-0.05, 0) is 58.9 Å². The standard InChI is InChI=1S/C26H32N8O2/c1-8-36-20-12-17(22-32-28-15-33(22)6)9-10-19(20)30-24-27-13-18-11-16(2)29-23(21(18)31-24)34-14-26(5,35-7)25(34,3)4/h9-13,15H,8,14H2,1-7H3,(H,27,30,31). The lowest BCUT2D eigenvalue weighted by atomic mass is 9.73. The molecule has 4 aromatic rings. The predicted octanol–water partition coefficient (Wildman–Crippen LogP) is 4.27. The fourth-order valence-electron chi connectivity index (χ4n) is 4.65. The van der Waals surface area contributed by atoms with Crippen molar-refractivity contribution in [3.63, 3.8) is 0 Å². The highest BCUT2D eigenvalue weighted by Gasteiger charge is 2.57. The summed E-state index contributed by atoms with van der Waals surface area (Å²) in [6.45, 7) is 11.7. The minimum Gasteiger partial charge on any atom is -0.492 e. The molecule has 188 valence electrons. The molecule has 1 fully saturated rings. The number of benzene rings is 1. The highest BCUT2D eigenvalue weighted by molar-refractivity contribution is 5.90. The van der Waals surface area contributed by atoms with E-state index in [1.54, 1.807) is 13.4 Å². The summed E-state index contributed by atoms with van der Waals surface area (Å²) in [7, 11) is 3.67. The molecule has 5 rings (SSSR count). The molecule has 1 atom stereocenters. The van der Waals surface area contributed by atoms with Gasteiger partial charge in [-0.3, -0.25) is 0 Å². The van der Waals surface area contributed by atoms with Crippen LogP contribution >= 0.6 is 0 Å². The Kier molecular flexibility index (Phi) is 5.78. The van der Waals surface area contributed by atoms with Crippen molar-refractivity contribution in [2.45, 2.75) is 45.8 Å². The summed E-state index contributed by atoms with van der Waals surface area (Å²) in [6, 6.07) is 7.87. The van der Waals surface area contributed by atoms with Crippen LogP contribution in [0.5, 0.6) is 5.75 Å². The quantitative estimate of drug-likeness (QED) is 0.408. The van der Waals surface area contributed by atoms with Gasteiger partial charge in [0.1, 0.15) is 23.2 Å². The van der Waals surface area contributed by atoms with E-state index in [0.29, 0.717) is 18.3 Å². The van der Waals surface area contributed by atoms with E-state index in [1.807, 2.05) is 55.9 Å². The first-order chi connectivity index (χ1) is 17.2. The normalized spacial score (nSPS) is 18.8. The van der Waals surface area contributed by atoms with Gasteiger partial charge in [0.2, 0.25) is 5.95 Å². The summed E-state index contributed by atoms with van der Waals surface area (Å²) in [4.78, 5) is 16.6. The minimum atomic E-state index is -0.268. The lowest BCUT2D eigenvalue weighted by molar-refractivity contribution is -0.0916. The molecule has 0 bridgehead atoms. The van der Waals surface area contributed by atoms with E-state index in [9.17, 15) is 0 Å². The third-order valence-electron chi connectivity index (χ3n) is 7.31. The Morgan fingerprint density at radius 1 is 1.14 bits per heavy atom. The second-order valence-electron chi connectivity index (χ2n) is 9.83. The molecule has 3 aromatic heterocycles. The molecule has 10 nitrogen and oxygen atoms in total. The summed E-state index contributed by atoms with van der Waals surface area (Å²) >= 11 is 0. The molecular formula is C26H32N8O2. The Bertz CT molecular complexity index is 1430. The number of rotatable bonds is 7. The second-order valence-corrected chi connectivity index (χ2v) is 9.83. The zero-order valence-corrected chi connectivity index (χ0v) is 21.8. The number of fused-ring (bicyclic) bond motifs is 1. The SMILES string of the molecule is CCOc1cc(-c2nncn2C)ccc1Nc1ncc2cc(C)nc(N3CC(C)(OC)C3(C)C)c2n1. The Labute approximate surface area is 210 Å². The molecule has 0 aliphatic carbocycles. The van der Waals surface area contributed by atoms with Crippen molar-refractivity contribution in [1.82, 2.24) is 29.7 Å². The third kappa shape index (κ3) is 3.81.